The van der Waals surface area contributed by atoms with Gasteiger partial charge >= 0.3 is 0 Å². The second kappa shape index (κ2) is 11.9. The van der Waals surface area contributed by atoms with Crippen molar-refractivity contribution >= 4 is 51.2 Å². The van der Waals surface area contributed by atoms with Crippen molar-refractivity contribution in [2.24, 2.45) is 5.10 Å². The van der Waals surface area contributed by atoms with E-state index >= 15 is 0 Å². The van der Waals surface area contributed by atoms with Crippen LogP contribution in [-0.4, -0.2) is 51.8 Å². The molecule has 0 spiro atoms. The lowest BCUT2D eigenvalue weighted by molar-refractivity contribution is -0.119. The van der Waals surface area contributed by atoms with E-state index in [1.807, 2.05) is 43.0 Å². The Bertz CT molecular complexity index is 1390. The van der Waals surface area contributed by atoms with Crippen molar-refractivity contribution in [3.63, 3.8) is 0 Å². The van der Waals surface area contributed by atoms with Crippen molar-refractivity contribution in [1.29, 1.82) is 0 Å². The summed E-state index contributed by atoms with van der Waals surface area (Å²) >= 11 is 8.00. The van der Waals surface area contributed by atoms with Crippen molar-refractivity contribution in [1.82, 2.24) is 5.43 Å². The molecule has 0 bridgehead atoms. The molecule has 1 amide bonds. The van der Waals surface area contributed by atoms with Crippen molar-refractivity contribution in [3.8, 4) is 11.5 Å². The molecule has 4 rings (SSSR count). The third-order valence-corrected chi connectivity index (χ3v) is 8.70. The number of anilines is 1. The van der Waals surface area contributed by atoms with E-state index in [2.05, 4.69) is 10.5 Å². The predicted octanol–water partition coefficient (Wildman–Crippen LogP) is 4.50. The SMILES string of the molecule is COc1ccc(Cl)cc1N(CC(=O)N/N=C\c1cccc(OC2CSC2)c1)S(=O)(=O)c1ccc(C)cc1. The number of thioether (sulfide) groups is 1. The lowest BCUT2D eigenvalue weighted by Crippen LogP contribution is -2.39. The summed E-state index contributed by atoms with van der Waals surface area (Å²) in [6.45, 7) is 1.31. The van der Waals surface area contributed by atoms with Crippen LogP contribution in [0.2, 0.25) is 5.02 Å². The van der Waals surface area contributed by atoms with Gasteiger partial charge in [0.15, 0.2) is 0 Å². The minimum atomic E-state index is -4.14. The number of aryl methyl sites for hydroxylation is 1. The standard InChI is InChI=1S/C26H26ClN3O5S2/c1-18-6-9-23(10-7-18)37(32,33)30(24-13-20(27)8-11-25(24)34-2)15-26(31)29-28-14-19-4-3-5-21(12-19)35-22-16-36-17-22/h3-14,22H,15-17H2,1-2H3,(H,29,31)/b28-14-. The Morgan fingerprint density at radius 1 is 1.16 bits per heavy atom. The van der Waals surface area contributed by atoms with Gasteiger partial charge < -0.3 is 9.47 Å². The van der Waals surface area contributed by atoms with Crippen LogP contribution in [0.15, 0.2) is 76.7 Å². The number of amides is 1. The molecule has 1 N–H and O–H groups in total. The summed E-state index contributed by atoms with van der Waals surface area (Å²) in [5.41, 5.74) is 4.17. The van der Waals surface area contributed by atoms with Gasteiger partial charge in [0.2, 0.25) is 0 Å². The molecule has 8 nitrogen and oxygen atoms in total. The molecule has 1 aliphatic heterocycles. The third-order valence-electron chi connectivity index (χ3n) is 5.48. The average molecular weight is 560 g/mol. The smallest absolute Gasteiger partial charge is 0.264 e. The minimum Gasteiger partial charge on any atom is -0.495 e. The molecule has 11 heteroatoms. The van der Waals surface area contributed by atoms with Crippen LogP contribution in [0.5, 0.6) is 11.5 Å². The summed E-state index contributed by atoms with van der Waals surface area (Å²) in [7, 11) is -2.73. The van der Waals surface area contributed by atoms with Gasteiger partial charge in [0.1, 0.15) is 24.1 Å². The van der Waals surface area contributed by atoms with Gasteiger partial charge in [-0.05, 0) is 55.0 Å². The van der Waals surface area contributed by atoms with E-state index in [4.69, 9.17) is 21.1 Å². The third kappa shape index (κ3) is 6.76. The first kappa shape index (κ1) is 26.8. The van der Waals surface area contributed by atoms with Gasteiger partial charge in [-0.25, -0.2) is 13.8 Å². The number of hydrazone groups is 1. The lowest BCUT2D eigenvalue weighted by Gasteiger charge is -2.26. The average Bonchev–Trinajstić information content (AvgIpc) is 2.85. The fourth-order valence-electron chi connectivity index (χ4n) is 3.48. The van der Waals surface area contributed by atoms with Crippen molar-refractivity contribution < 1.29 is 22.7 Å². The molecule has 1 saturated heterocycles. The number of nitrogens with zero attached hydrogens (tertiary/aromatic N) is 2. The van der Waals surface area contributed by atoms with E-state index in [1.54, 1.807) is 24.3 Å². The number of methoxy groups -OCH3 is 1. The van der Waals surface area contributed by atoms with E-state index in [9.17, 15) is 13.2 Å². The summed E-state index contributed by atoms with van der Waals surface area (Å²) in [5.74, 6) is 2.26. The topological polar surface area (TPSA) is 97.3 Å². The van der Waals surface area contributed by atoms with Crippen LogP contribution in [0.25, 0.3) is 0 Å². The zero-order valence-corrected chi connectivity index (χ0v) is 22.6. The van der Waals surface area contributed by atoms with Crippen molar-refractivity contribution in [2.75, 3.05) is 29.5 Å². The molecule has 1 fully saturated rings. The van der Waals surface area contributed by atoms with Gasteiger partial charge in [-0.15, -0.1) is 0 Å². The Morgan fingerprint density at radius 2 is 1.92 bits per heavy atom. The zero-order valence-electron chi connectivity index (χ0n) is 20.3. The maximum absolute atomic E-state index is 13.6. The highest BCUT2D eigenvalue weighted by molar-refractivity contribution is 8.00. The first-order chi connectivity index (χ1) is 17.8. The summed E-state index contributed by atoms with van der Waals surface area (Å²) in [6, 6.07) is 18.3. The second-order valence-corrected chi connectivity index (χ2v) is 11.7. The summed E-state index contributed by atoms with van der Waals surface area (Å²) < 4.78 is 39.4. The van der Waals surface area contributed by atoms with Crippen LogP contribution in [0.1, 0.15) is 11.1 Å². The summed E-state index contributed by atoms with van der Waals surface area (Å²) in [4.78, 5) is 12.9. The number of benzene rings is 3. The monoisotopic (exact) mass is 559 g/mol. The van der Waals surface area contributed by atoms with Crippen LogP contribution in [0, 0.1) is 6.92 Å². The van der Waals surface area contributed by atoms with Gasteiger partial charge in [-0.1, -0.05) is 41.4 Å². The largest absolute Gasteiger partial charge is 0.495 e. The molecule has 1 aliphatic rings. The van der Waals surface area contributed by atoms with Gasteiger partial charge in [0, 0.05) is 16.5 Å². The molecular weight excluding hydrogens is 534 g/mol. The molecule has 194 valence electrons. The van der Waals surface area contributed by atoms with Gasteiger partial charge in [-0.3, -0.25) is 9.10 Å². The normalized spacial score (nSPS) is 13.7. The van der Waals surface area contributed by atoms with Crippen LogP contribution >= 0.6 is 23.4 Å². The molecule has 3 aromatic rings. The van der Waals surface area contributed by atoms with Crippen LogP contribution < -0.4 is 19.2 Å². The Kier molecular flexibility index (Phi) is 8.63. The number of carbonyl (C=O) groups is 1. The number of hydrogen-bond acceptors (Lipinski definition) is 7. The van der Waals surface area contributed by atoms with E-state index < -0.39 is 22.5 Å². The highest BCUT2D eigenvalue weighted by Gasteiger charge is 2.29. The zero-order chi connectivity index (χ0) is 26.4. The number of hydrogen-bond donors (Lipinski definition) is 1. The highest BCUT2D eigenvalue weighted by Crippen LogP contribution is 2.34. The van der Waals surface area contributed by atoms with Crippen LogP contribution in [-0.2, 0) is 14.8 Å². The van der Waals surface area contributed by atoms with Gasteiger partial charge in [0.05, 0.1) is 23.9 Å². The fraction of sp³-hybridized carbons (Fsp3) is 0.231. The second-order valence-electron chi connectivity index (χ2n) is 8.28. The highest BCUT2D eigenvalue weighted by atomic mass is 35.5. The number of nitrogens with one attached hydrogen (secondary N) is 1. The Morgan fingerprint density at radius 3 is 2.59 bits per heavy atom. The minimum absolute atomic E-state index is 0.0260. The number of ether oxygens (including phenoxy) is 2. The van der Waals surface area contributed by atoms with Crippen molar-refractivity contribution in [3.05, 3.63) is 82.9 Å². The fourth-order valence-corrected chi connectivity index (χ4v) is 5.64. The number of carbonyl (C=O) groups excluding carboxylic acids is 1. The lowest BCUT2D eigenvalue weighted by atomic mass is 10.2. The molecule has 0 aromatic heterocycles. The molecule has 0 aliphatic carbocycles. The molecule has 0 saturated carbocycles. The molecular formula is C26H26ClN3O5S2. The molecule has 0 atom stereocenters. The molecule has 3 aromatic carbocycles. The predicted molar refractivity (Wildman–Crippen MR) is 148 cm³/mol. The van der Waals surface area contributed by atoms with Crippen molar-refractivity contribution in [2.45, 2.75) is 17.9 Å². The Labute approximate surface area is 225 Å². The van der Waals surface area contributed by atoms with E-state index in [1.165, 1.54) is 31.5 Å². The van der Waals surface area contributed by atoms with Gasteiger partial charge in [-0.2, -0.15) is 16.9 Å². The first-order valence-corrected chi connectivity index (χ1v) is 14.3. The molecule has 1 heterocycles. The first-order valence-electron chi connectivity index (χ1n) is 11.4. The Balaban J connectivity index is 1.54. The number of rotatable bonds is 10. The maximum atomic E-state index is 13.6. The number of sulfonamides is 1. The summed E-state index contributed by atoms with van der Waals surface area (Å²) in [5, 5.41) is 4.30. The quantitative estimate of drug-likeness (QED) is 0.290. The molecule has 0 radical (unpaired) electrons. The number of halogens is 1. The maximum Gasteiger partial charge on any atom is 0.264 e. The van der Waals surface area contributed by atoms with E-state index in [0.29, 0.717) is 5.02 Å². The Hall–Kier alpha value is -3.21. The van der Waals surface area contributed by atoms with E-state index in [-0.39, 0.29) is 22.4 Å². The molecule has 0 unspecified atom stereocenters. The molecule has 37 heavy (non-hydrogen) atoms. The van der Waals surface area contributed by atoms with Gasteiger partial charge in [0.25, 0.3) is 15.9 Å². The van der Waals surface area contributed by atoms with E-state index in [0.717, 1.165) is 32.7 Å². The van der Waals surface area contributed by atoms with Crippen LogP contribution in [0.4, 0.5) is 5.69 Å². The summed E-state index contributed by atoms with van der Waals surface area (Å²) in [6.07, 6.45) is 1.68. The van der Waals surface area contributed by atoms with Crippen LogP contribution in [0.3, 0.4) is 0 Å².